The van der Waals surface area contributed by atoms with Crippen LogP contribution in [0.15, 0.2) is 55.0 Å². The molecule has 0 spiro atoms. The molecule has 8 heteroatoms. The number of thiocarbonyl (C=S) groups is 1. The van der Waals surface area contributed by atoms with Gasteiger partial charge in [-0.15, -0.1) is 0 Å². The normalized spacial score (nSPS) is 18.0. The molecule has 0 radical (unpaired) electrons. The second-order valence-corrected chi connectivity index (χ2v) is 8.22. The largest absolute Gasteiger partial charge is 0.465 e. The standard InChI is InChI=1S/C24H27N5O2S/c1-4-31-21(30)15-29-23(22(27-24(29)32)20-9-5-6-11-26-20)19-12-16(2)28(17(19)3)14-18-8-7-10-25-13-18/h5-13,22-23H,4,14-15H2,1-3H3,(H,27,32)/t22-,23-/m0/s1. The molecule has 3 aromatic heterocycles. The summed E-state index contributed by atoms with van der Waals surface area (Å²) in [5.41, 5.74) is 5.38. The van der Waals surface area contributed by atoms with Gasteiger partial charge in [0.1, 0.15) is 6.54 Å². The molecule has 1 N–H and O–H groups in total. The number of rotatable bonds is 7. The zero-order valence-electron chi connectivity index (χ0n) is 18.5. The molecular formula is C24H27N5O2S. The Bertz CT molecular complexity index is 1100. The molecule has 0 aromatic carbocycles. The number of nitrogens with zero attached hydrogens (tertiary/aromatic N) is 4. The summed E-state index contributed by atoms with van der Waals surface area (Å²) in [6.45, 7) is 7.15. The summed E-state index contributed by atoms with van der Waals surface area (Å²) in [6.07, 6.45) is 5.44. The van der Waals surface area contributed by atoms with Crippen molar-refractivity contribution in [3.8, 4) is 0 Å². The van der Waals surface area contributed by atoms with Crippen molar-refractivity contribution in [1.82, 2.24) is 24.8 Å². The average molecular weight is 450 g/mol. The number of aromatic nitrogens is 3. The van der Waals surface area contributed by atoms with Crippen molar-refractivity contribution < 1.29 is 9.53 Å². The minimum Gasteiger partial charge on any atom is -0.465 e. The van der Waals surface area contributed by atoms with E-state index >= 15 is 0 Å². The fraction of sp³-hybridized carbons (Fsp3) is 0.333. The maximum atomic E-state index is 12.4. The van der Waals surface area contributed by atoms with Crippen LogP contribution in [0.3, 0.4) is 0 Å². The Labute approximate surface area is 193 Å². The summed E-state index contributed by atoms with van der Waals surface area (Å²) in [7, 11) is 0. The molecule has 0 unspecified atom stereocenters. The molecular weight excluding hydrogens is 422 g/mol. The summed E-state index contributed by atoms with van der Waals surface area (Å²) in [5, 5.41) is 3.91. The maximum absolute atomic E-state index is 12.4. The maximum Gasteiger partial charge on any atom is 0.325 e. The Balaban J connectivity index is 1.74. The first-order chi connectivity index (χ1) is 15.5. The second-order valence-electron chi connectivity index (χ2n) is 7.83. The van der Waals surface area contributed by atoms with E-state index in [4.69, 9.17) is 17.0 Å². The van der Waals surface area contributed by atoms with E-state index in [1.807, 2.05) is 35.4 Å². The topological polar surface area (TPSA) is 72.3 Å². The van der Waals surface area contributed by atoms with Gasteiger partial charge in [0.05, 0.1) is 24.4 Å². The van der Waals surface area contributed by atoms with E-state index in [9.17, 15) is 4.79 Å². The Morgan fingerprint density at radius 3 is 2.75 bits per heavy atom. The molecule has 4 rings (SSSR count). The number of carbonyl (C=O) groups excluding carboxylic acids is 1. The third-order valence-corrected chi connectivity index (χ3v) is 6.15. The van der Waals surface area contributed by atoms with E-state index in [2.05, 4.69) is 45.8 Å². The van der Waals surface area contributed by atoms with Gasteiger partial charge in [0.15, 0.2) is 5.11 Å². The van der Waals surface area contributed by atoms with Crippen molar-refractivity contribution in [3.05, 3.63) is 83.2 Å². The highest BCUT2D eigenvalue weighted by atomic mass is 32.1. The lowest BCUT2D eigenvalue weighted by Crippen LogP contribution is -2.35. The van der Waals surface area contributed by atoms with Crippen molar-refractivity contribution >= 4 is 23.3 Å². The highest BCUT2D eigenvalue weighted by Gasteiger charge is 2.42. The van der Waals surface area contributed by atoms with Crippen molar-refractivity contribution in [2.45, 2.75) is 39.4 Å². The summed E-state index contributed by atoms with van der Waals surface area (Å²) >= 11 is 5.65. The summed E-state index contributed by atoms with van der Waals surface area (Å²) in [4.78, 5) is 23.1. The van der Waals surface area contributed by atoms with Gasteiger partial charge in [-0.05, 0) is 68.4 Å². The Hall–Kier alpha value is -3.26. The van der Waals surface area contributed by atoms with Crippen LogP contribution in [0.25, 0.3) is 0 Å². The molecule has 166 valence electrons. The van der Waals surface area contributed by atoms with Gasteiger partial charge in [-0.3, -0.25) is 14.8 Å². The molecule has 1 aliphatic rings. The highest BCUT2D eigenvalue weighted by molar-refractivity contribution is 7.80. The number of aryl methyl sites for hydroxylation is 1. The van der Waals surface area contributed by atoms with Crippen LogP contribution in [-0.4, -0.2) is 43.7 Å². The zero-order chi connectivity index (χ0) is 22.7. The first kappa shape index (κ1) is 22.0. The van der Waals surface area contributed by atoms with E-state index < -0.39 is 0 Å². The van der Waals surface area contributed by atoms with E-state index in [1.54, 1.807) is 19.3 Å². The van der Waals surface area contributed by atoms with E-state index in [1.165, 1.54) is 0 Å². The fourth-order valence-corrected chi connectivity index (χ4v) is 4.61. The van der Waals surface area contributed by atoms with Gasteiger partial charge in [0, 0.05) is 36.5 Å². The van der Waals surface area contributed by atoms with Crippen molar-refractivity contribution in [3.63, 3.8) is 0 Å². The Morgan fingerprint density at radius 2 is 2.06 bits per heavy atom. The average Bonchev–Trinajstić information content (AvgIpc) is 3.26. The van der Waals surface area contributed by atoms with Gasteiger partial charge in [-0.2, -0.15) is 0 Å². The van der Waals surface area contributed by atoms with Crippen LogP contribution < -0.4 is 5.32 Å². The lowest BCUT2D eigenvalue weighted by Gasteiger charge is -2.27. The lowest BCUT2D eigenvalue weighted by molar-refractivity contribution is -0.143. The molecule has 1 aliphatic heterocycles. The van der Waals surface area contributed by atoms with Gasteiger partial charge in [-0.25, -0.2) is 0 Å². The number of esters is 1. The molecule has 32 heavy (non-hydrogen) atoms. The monoisotopic (exact) mass is 449 g/mol. The van der Waals surface area contributed by atoms with E-state index in [-0.39, 0.29) is 24.6 Å². The molecule has 1 fully saturated rings. The van der Waals surface area contributed by atoms with Crippen LogP contribution >= 0.6 is 12.2 Å². The first-order valence-corrected chi connectivity index (χ1v) is 11.1. The first-order valence-electron chi connectivity index (χ1n) is 10.7. The molecule has 1 saturated heterocycles. The molecule has 7 nitrogen and oxygen atoms in total. The Morgan fingerprint density at radius 1 is 1.22 bits per heavy atom. The Kier molecular flexibility index (Phi) is 6.50. The smallest absolute Gasteiger partial charge is 0.325 e. The van der Waals surface area contributed by atoms with E-state index in [0.29, 0.717) is 11.7 Å². The summed E-state index contributed by atoms with van der Waals surface area (Å²) < 4.78 is 7.49. The van der Waals surface area contributed by atoms with E-state index in [0.717, 1.165) is 34.8 Å². The molecule has 0 saturated carbocycles. The highest BCUT2D eigenvalue weighted by Crippen LogP contribution is 2.40. The van der Waals surface area contributed by atoms with Crippen LogP contribution in [0.2, 0.25) is 0 Å². The van der Waals surface area contributed by atoms with Crippen LogP contribution in [-0.2, 0) is 16.1 Å². The van der Waals surface area contributed by atoms with Crippen LogP contribution in [0.4, 0.5) is 0 Å². The number of hydrogen-bond acceptors (Lipinski definition) is 5. The number of nitrogens with one attached hydrogen (secondary N) is 1. The van der Waals surface area contributed by atoms with Gasteiger partial charge < -0.3 is 19.5 Å². The third kappa shape index (κ3) is 4.36. The second kappa shape index (κ2) is 9.48. The molecule has 0 bridgehead atoms. The minimum atomic E-state index is -0.299. The van der Waals surface area contributed by atoms with Crippen molar-refractivity contribution in [2.75, 3.05) is 13.2 Å². The third-order valence-electron chi connectivity index (χ3n) is 5.80. The zero-order valence-corrected chi connectivity index (χ0v) is 19.3. The molecule has 2 atom stereocenters. The fourth-order valence-electron chi connectivity index (χ4n) is 4.30. The molecule has 4 heterocycles. The number of carbonyl (C=O) groups is 1. The number of pyridine rings is 2. The molecule has 3 aromatic rings. The predicted molar refractivity (Wildman–Crippen MR) is 126 cm³/mol. The van der Waals surface area contributed by atoms with Gasteiger partial charge in [0.2, 0.25) is 0 Å². The predicted octanol–water partition coefficient (Wildman–Crippen LogP) is 3.48. The van der Waals surface area contributed by atoms with Gasteiger partial charge in [0.25, 0.3) is 0 Å². The molecule has 0 aliphatic carbocycles. The van der Waals surface area contributed by atoms with Crippen LogP contribution in [0, 0.1) is 13.8 Å². The van der Waals surface area contributed by atoms with Crippen LogP contribution in [0.5, 0.6) is 0 Å². The number of ether oxygens (including phenoxy) is 1. The van der Waals surface area contributed by atoms with Crippen molar-refractivity contribution in [1.29, 1.82) is 0 Å². The summed E-state index contributed by atoms with van der Waals surface area (Å²) in [5.74, 6) is -0.299. The minimum absolute atomic E-state index is 0.0833. The van der Waals surface area contributed by atoms with Crippen molar-refractivity contribution in [2.24, 2.45) is 0 Å². The SMILES string of the molecule is CCOC(=O)CN1C(=S)N[C@@H](c2ccccn2)[C@@H]1c1cc(C)n(Cc2cccnc2)c1C. The van der Waals surface area contributed by atoms with Gasteiger partial charge >= 0.3 is 5.97 Å². The lowest BCUT2D eigenvalue weighted by atomic mass is 9.97. The van der Waals surface area contributed by atoms with Crippen LogP contribution in [0.1, 0.15) is 47.2 Å². The quantitative estimate of drug-likeness (QED) is 0.437. The van der Waals surface area contributed by atoms with Gasteiger partial charge in [-0.1, -0.05) is 12.1 Å². The summed E-state index contributed by atoms with van der Waals surface area (Å²) in [6, 6.07) is 11.7. The molecule has 0 amide bonds. The number of hydrogen-bond donors (Lipinski definition) is 1.